The highest BCUT2D eigenvalue weighted by Crippen LogP contribution is 2.54. The molecule has 1 N–H and O–H groups in total. The fourth-order valence-electron chi connectivity index (χ4n) is 4.98. The maximum Gasteiger partial charge on any atom is 0.407 e. The van der Waals surface area contributed by atoms with Crippen LogP contribution in [0.5, 0.6) is 0 Å². The lowest BCUT2D eigenvalue weighted by Crippen LogP contribution is -2.53. The van der Waals surface area contributed by atoms with Gasteiger partial charge in [0.15, 0.2) is 5.79 Å². The van der Waals surface area contributed by atoms with Gasteiger partial charge in [0.25, 0.3) is 0 Å². The highest BCUT2D eigenvalue weighted by atomic mass is 16.7. The molecule has 3 rings (SSSR count). The van der Waals surface area contributed by atoms with Crippen LogP contribution >= 0.6 is 0 Å². The molecule has 23 heavy (non-hydrogen) atoms. The maximum absolute atomic E-state index is 11.7. The summed E-state index contributed by atoms with van der Waals surface area (Å²) in [6, 6.07) is -0.0484. The third-order valence-electron chi connectivity index (χ3n) is 5.75. The van der Waals surface area contributed by atoms with E-state index in [1.165, 1.54) is 0 Å². The van der Waals surface area contributed by atoms with Gasteiger partial charge in [-0.15, -0.1) is 0 Å². The molecule has 3 fully saturated rings. The van der Waals surface area contributed by atoms with Gasteiger partial charge in [-0.2, -0.15) is 0 Å². The van der Waals surface area contributed by atoms with Crippen molar-refractivity contribution in [1.29, 1.82) is 0 Å². The average Bonchev–Trinajstić information content (AvgIpc) is 3.01. The molecule has 0 aromatic heterocycles. The Bertz CT molecular complexity index is 480. The Morgan fingerprint density at radius 2 is 1.91 bits per heavy atom. The third-order valence-corrected chi connectivity index (χ3v) is 5.75. The van der Waals surface area contributed by atoms with Crippen LogP contribution in [0.1, 0.15) is 46.5 Å². The average molecular weight is 325 g/mol. The predicted molar refractivity (Wildman–Crippen MR) is 83.0 cm³/mol. The number of ether oxygens (including phenoxy) is 2. The second-order valence-corrected chi connectivity index (χ2v) is 8.09. The quantitative estimate of drug-likeness (QED) is 0.790. The summed E-state index contributed by atoms with van der Waals surface area (Å²) in [6.07, 6.45) is 3.33. The minimum absolute atomic E-state index is 0.0484. The zero-order valence-corrected chi connectivity index (χ0v) is 14.2. The Hall–Kier alpha value is -1.14. The molecule has 0 radical (unpaired) electrons. The SMILES string of the molecule is CC(C)(C)N(C(=O)O)C1CC[C@H]2CC3(OCCO3)[C@@H](C=O)[C@@H]2C1. The van der Waals surface area contributed by atoms with Crippen molar-refractivity contribution in [2.75, 3.05) is 13.2 Å². The summed E-state index contributed by atoms with van der Waals surface area (Å²) in [7, 11) is 0. The van der Waals surface area contributed by atoms with E-state index in [0.717, 1.165) is 25.5 Å². The number of nitrogens with zero attached hydrogens (tertiary/aromatic N) is 1. The standard InChI is InChI=1S/C17H27NO5/c1-16(2,3)18(15(20)21)12-5-4-11-9-17(22-6-7-23-17)14(10-19)13(11)8-12/h10-14H,4-9H2,1-3H3,(H,20,21)/t11-,12?,13+,14-/m0/s1. The molecule has 1 heterocycles. The second-order valence-electron chi connectivity index (χ2n) is 8.09. The summed E-state index contributed by atoms with van der Waals surface area (Å²) in [5.41, 5.74) is -0.448. The lowest BCUT2D eigenvalue weighted by molar-refractivity contribution is -0.184. The first-order valence-corrected chi connectivity index (χ1v) is 8.54. The van der Waals surface area contributed by atoms with Crippen molar-refractivity contribution in [2.24, 2.45) is 17.8 Å². The van der Waals surface area contributed by atoms with Crippen molar-refractivity contribution < 1.29 is 24.2 Å². The maximum atomic E-state index is 11.7. The molecular formula is C17H27NO5. The molecular weight excluding hydrogens is 298 g/mol. The van der Waals surface area contributed by atoms with Gasteiger partial charge in [-0.3, -0.25) is 0 Å². The largest absolute Gasteiger partial charge is 0.465 e. The minimum atomic E-state index is -0.885. The van der Waals surface area contributed by atoms with Crippen molar-refractivity contribution in [3.8, 4) is 0 Å². The molecule has 1 unspecified atom stereocenters. The van der Waals surface area contributed by atoms with Crippen LogP contribution in [0.25, 0.3) is 0 Å². The van der Waals surface area contributed by atoms with Crippen LogP contribution in [0.4, 0.5) is 4.79 Å². The zero-order valence-electron chi connectivity index (χ0n) is 14.2. The van der Waals surface area contributed by atoms with E-state index in [1.807, 2.05) is 20.8 Å². The van der Waals surface area contributed by atoms with Crippen molar-refractivity contribution in [1.82, 2.24) is 4.90 Å². The molecule has 1 saturated heterocycles. The number of rotatable bonds is 2. The molecule has 0 aromatic rings. The molecule has 4 atom stereocenters. The fraction of sp³-hybridized carbons (Fsp3) is 0.882. The van der Waals surface area contributed by atoms with Gasteiger partial charge in [0.1, 0.15) is 6.29 Å². The van der Waals surface area contributed by atoms with Crippen LogP contribution < -0.4 is 0 Å². The minimum Gasteiger partial charge on any atom is -0.465 e. The molecule has 6 nitrogen and oxygen atoms in total. The molecule has 1 amide bonds. The van der Waals surface area contributed by atoms with Gasteiger partial charge in [0, 0.05) is 18.0 Å². The van der Waals surface area contributed by atoms with E-state index in [-0.39, 0.29) is 17.9 Å². The van der Waals surface area contributed by atoms with Crippen LogP contribution in [0.2, 0.25) is 0 Å². The highest BCUT2D eigenvalue weighted by molar-refractivity contribution is 5.66. The molecule has 0 aromatic carbocycles. The number of carboxylic acid groups (broad SMARTS) is 1. The Morgan fingerprint density at radius 1 is 1.26 bits per heavy atom. The number of carbonyl (C=O) groups is 2. The summed E-state index contributed by atoms with van der Waals surface area (Å²) in [5.74, 6) is -0.501. The van der Waals surface area contributed by atoms with Crippen LogP contribution in [0.3, 0.4) is 0 Å². The van der Waals surface area contributed by atoms with Gasteiger partial charge in [0.05, 0.1) is 19.1 Å². The molecule has 1 spiro atoms. The van der Waals surface area contributed by atoms with Crippen molar-refractivity contribution in [3.05, 3.63) is 0 Å². The van der Waals surface area contributed by atoms with Crippen molar-refractivity contribution >= 4 is 12.4 Å². The summed E-state index contributed by atoms with van der Waals surface area (Å²) in [6.45, 7) is 6.84. The van der Waals surface area contributed by atoms with Crippen LogP contribution in [-0.2, 0) is 14.3 Å². The fourth-order valence-corrected chi connectivity index (χ4v) is 4.98. The van der Waals surface area contributed by atoms with E-state index in [0.29, 0.717) is 25.6 Å². The van der Waals surface area contributed by atoms with E-state index in [4.69, 9.17) is 9.47 Å². The van der Waals surface area contributed by atoms with Crippen LogP contribution in [0.15, 0.2) is 0 Å². The highest BCUT2D eigenvalue weighted by Gasteiger charge is 2.59. The normalized spacial score (nSPS) is 36.0. The Morgan fingerprint density at radius 3 is 2.43 bits per heavy atom. The number of fused-ring (bicyclic) bond motifs is 1. The van der Waals surface area contributed by atoms with Crippen molar-refractivity contribution in [3.63, 3.8) is 0 Å². The number of carbonyl (C=O) groups excluding carboxylic acids is 1. The molecule has 0 bridgehead atoms. The molecule has 3 aliphatic rings. The number of aldehydes is 1. The predicted octanol–water partition coefficient (Wildman–Crippen LogP) is 2.51. The third kappa shape index (κ3) is 2.76. The molecule has 1 aliphatic heterocycles. The second kappa shape index (κ2) is 5.74. The van der Waals surface area contributed by atoms with Crippen LogP contribution in [0, 0.1) is 17.8 Å². The van der Waals surface area contributed by atoms with Crippen LogP contribution in [-0.4, -0.2) is 53.0 Å². The van der Waals surface area contributed by atoms with E-state index >= 15 is 0 Å². The first-order valence-electron chi connectivity index (χ1n) is 8.54. The molecule has 2 aliphatic carbocycles. The first kappa shape index (κ1) is 16.7. The summed E-state index contributed by atoms with van der Waals surface area (Å²) in [5, 5.41) is 9.64. The molecule has 2 saturated carbocycles. The number of hydrogen-bond donors (Lipinski definition) is 1. The monoisotopic (exact) mass is 325 g/mol. The summed E-state index contributed by atoms with van der Waals surface area (Å²) in [4.78, 5) is 25.0. The van der Waals surface area contributed by atoms with Gasteiger partial charge in [-0.25, -0.2) is 4.79 Å². The van der Waals surface area contributed by atoms with Gasteiger partial charge >= 0.3 is 6.09 Å². The van der Waals surface area contributed by atoms with E-state index in [2.05, 4.69) is 0 Å². The topological polar surface area (TPSA) is 76.1 Å². The first-order chi connectivity index (χ1) is 10.8. The lowest BCUT2D eigenvalue weighted by atomic mass is 9.75. The molecule has 6 heteroatoms. The Kier molecular flexibility index (Phi) is 4.17. The van der Waals surface area contributed by atoms with Gasteiger partial charge in [-0.05, 0) is 51.9 Å². The van der Waals surface area contributed by atoms with Gasteiger partial charge in [-0.1, -0.05) is 0 Å². The van der Waals surface area contributed by atoms with Gasteiger partial charge in [0.2, 0.25) is 0 Å². The van der Waals surface area contributed by atoms with Gasteiger partial charge < -0.3 is 24.3 Å². The Labute approximate surface area is 137 Å². The van der Waals surface area contributed by atoms with E-state index in [9.17, 15) is 14.7 Å². The number of amides is 1. The number of hydrogen-bond acceptors (Lipinski definition) is 4. The van der Waals surface area contributed by atoms with E-state index in [1.54, 1.807) is 4.90 Å². The van der Waals surface area contributed by atoms with E-state index < -0.39 is 17.4 Å². The lowest BCUT2D eigenvalue weighted by Gasteiger charge is -2.44. The smallest absolute Gasteiger partial charge is 0.407 e. The molecule has 130 valence electrons. The summed E-state index contributed by atoms with van der Waals surface area (Å²) < 4.78 is 11.6. The Balaban J connectivity index is 1.81. The van der Waals surface area contributed by atoms with Crippen molar-refractivity contribution in [2.45, 2.75) is 63.8 Å². The zero-order chi connectivity index (χ0) is 16.8. The summed E-state index contributed by atoms with van der Waals surface area (Å²) >= 11 is 0.